The monoisotopic (exact) mass is 583 g/mol. The molecule has 0 aliphatic carbocycles. The van der Waals surface area contributed by atoms with E-state index in [0.29, 0.717) is 45.5 Å². The van der Waals surface area contributed by atoms with Gasteiger partial charge >= 0.3 is 0 Å². The van der Waals surface area contributed by atoms with Crippen molar-refractivity contribution < 1.29 is 14.1 Å². The van der Waals surface area contributed by atoms with Crippen molar-refractivity contribution in [1.82, 2.24) is 19.8 Å². The van der Waals surface area contributed by atoms with Crippen molar-refractivity contribution in [2.45, 2.75) is 6.54 Å². The van der Waals surface area contributed by atoms with Crippen LogP contribution in [0.15, 0.2) is 55.3 Å². The van der Waals surface area contributed by atoms with Crippen molar-refractivity contribution in [2.75, 3.05) is 69.6 Å². The van der Waals surface area contributed by atoms with Crippen LogP contribution in [0, 0.1) is 0 Å². The number of methoxy groups -OCH3 is 1. The Kier molecular flexibility index (Phi) is 9.48. The Balaban J connectivity index is 1.64. The van der Waals surface area contributed by atoms with E-state index in [0.717, 1.165) is 31.7 Å². The fourth-order valence-corrected chi connectivity index (χ4v) is 5.67. The van der Waals surface area contributed by atoms with E-state index >= 15 is 0 Å². The summed E-state index contributed by atoms with van der Waals surface area (Å²) in [5.74, 6) is 0.863. The minimum atomic E-state index is -2.56. The average molecular weight is 584 g/mol. The highest BCUT2D eigenvalue weighted by molar-refractivity contribution is 7.70. The van der Waals surface area contributed by atoms with Gasteiger partial charge in [0.25, 0.3) is 0 Å². The van der Waals surface area contributed by atoms with E-state index in [1.54, 1.807) is 26.5 Å². The summed E-state index contributed by atoms with van der Waals surface area (Å²) in [6.45, 7) is 11.5. The van der Waals surface area contributed by atoms with Gasteiger partial charge in [0.15, 0.2) is 5.82 Å². The standard InChI is InChI=1S/C28H35ClN7O3P/c1-6-26(37)31-22-16-23(24(39-3)15-19(22)18-36-13-11-35(2)12-14-36)33-28-30-17-20(29)27(34-28)32-21-9-7-8-10-25(21)40(4,5)38/h6-10,15-17H,1,11-14,18H2,2-5H3,(H,31,37)(H2,30,32,33,34). The van der Waals surface area contributed by atoms with Crippen LogP contribution in [0.25, 0.3) is 0 Å². The second-order valence-corrected chi connectivity index (χ2v) is 13.6. The maximum absolute atomic E-state index is 12.8. The minimum Gasteiger partial charge on any atom is -0.495 e. The molecule has 12 heteroatoms. The zero-order valence-corrected chi connectivity index (χ0v) is 24.9. The number of para-hydroxylation sites is 1. The van der Waals surface area contributed by atoms with Crippen LogP contribution in [-0.4, -0.2) is 79.3 Å². The molecule has 2 heterocycles. The van der Waals surface area contributed by atoms with E-state index < -0.39 is 7.14 Å². The highest BCUT2D eigenvalue weighted by atomic mass is 35.5. The summed E-state index contributed by atoms with van der Waals surface area (Å²) in [7, 11) is 1.14. The topological polar surface area (TPSA) is 112 Å². The Morgan fingerprint density at radius 2 is 1.85 bits per heavy atom. The highest BCUT2D eigenvalue weighted by Crippen LogP contribution is 2.39. The number of carbonyl (C=O) groups is 1. The third-order valence-corrected chi connectivity index (χ3v) is 8.41. The number of anilines is 5. The number of halogens is 1. The number of carbonyl (C=O) groups excluding carboxylic acids is 1. The van der Waals surface area contributed by atoms with Gasteiger partial charge in [0, 0.05) is 43.7 Å². The number of rotatable bonds is 10. The summed E-state index contributed by atoms with van der Waals surface area (Å²) >= 11 is 6.42. The number of hydrogen-bond donors (Lipinski definition) is 3. The molecule has 40 heavy (non-hydrogen) atoms. The predicted octanol–water partition coefficient (Wildman–Crippen LogP) is 4.75. The van der Waals surface area contributed by atoms with Gasteiger partial charge < -0.3 is 30.2 Å². The molecule has 0 saturated carbocycles. The maximum Gasteiger partial charge on any atom is 0.247 e. The minimum absolute atomic E-state index is 0.256. The van der Waals surface area contributed by atoms with E-state index in [9.17, 15) is 9.36 Å². The fourth-order valence-electron chi connectivity index (χ4n) is 4.38. The largest absolute Gasteiger partial charge is 0.495 e. The molecule has 3 N–H and O–H groups in total. The van der Waals surface area contributed by atoms with Gasteiger partial charge in [0.05, 0.1) is 24.7 Å². The highest BCUT2D eigenvalue weighted by Gasteiger charge is 2.20. The lowest BCUT2D eigenvalue weighted by Gasteiger charge is -2.33. The van der Waals surface area contributed by atoms with Crippen molar-refractivity contribution in [3.63, 3.8) is 0 Å². The van der Waals surface area contributed by atoms with E-state index in [-0.39, 0.29) is 11.9 Å². The third kappa shape index (κ3) is 7.40. The zero-order valence-electron chi connectivity index (χ0n) is 23.2. The van der Waals surface area contributed by atoms with E-state index in [4.69, 9.17) is 16.3 Å². The summed E-state index contributed by atoms with van der Waals surface area (Å²) in [6.07, 6.45) is 2.72. The van der Waals surface area contributed by atoms with Gasteiger partial charge in [-0.05, 0) is 56.3 Å². The number of nitrogens with one attached hydrogen (secondary N) is 3. The van der Waals surface area contributed by atoms with Crippen molar-refractivity contribution in [2.24, 2.45) is 0 Å². The van der Waals surface area contributed by atoms with Crippen LogP contribution in [0.1, 0.15) is 5.56 Å². The number of nitrogens with zero attached hydrogens (tertiary/aromatic N) is 4. The summed E-state index contributed by atoms with van der Waals surface area (Å²) in [6, 6.07) is 11.1. The quantitative estimate of drug-likeness (QED) is 0.230. The molecular weight excluding hydrogens is 549 g/mol. The summed E-state index contributed by atoms with van der Waals surface area (Å²) in [5.41, 5.74) is 2.77. The molecule has 1 aliphatic heterocycles. The second kappa shape index (κ2) is 12.8. The van der Waals surface area contributed by atoms with Gasteiger partial charge in [0.1, 0.15) is 17.9 Å². The van der Waals surface area contributed by atoms with Crippen LogP contribution < -0.4 is 26.0 Å². The number of piperazine rings is 1. The fraction of sp³-hybridized carbons (Fsp3) is 0.321. The molecule has 0 spiro atoms. The predicted molar refractivity (Wildman–Crippen MR) is 164 cm³/mol. The molecule has 212 valence electrons. The molecule has 1 saturated heterocycles. The van der Waals surface area contributed by atoms with Crippen molar-refractivity contribution in [1.29, 1.82) is 0 Å². The van der Waals surface area contributed by atoms with Gasteiger partial charge in [0.2, 0.25) is 11.9 Å². The first-order chi connectivity index (χ1) is 19.1. The third-order valence-electron chi connectivity index (χ3n) is 6.59. The Morgan fingerprint density at radius 3 is 2.52 bits per heavy atom. The first-order valence-electron chi connectivity index (χ1n) is 12.8. The molecule has 2 aromatic carbocycles. The summed E-state index contributed by atoms with van der Waals surface area (Å²) < 4.78 is 18.5. The first-order valence-corrected chi connectivity index (χ1v) is 15.8. The van der Waals surface area contributed by atoms with Crippen molar-refractivity contribution in [3.8, 4) is 5.75 Å². The molecule has 3 aromatic rings. The molecule has 0 bridgehead atoms. The Labute approximate surface area is 240 Å². The van der Waals surface area contributed by atoms with Crippen molar-refractivity contribution >= 4 is 58.8 Å². The molecule has 0 unspecified atom stereocenters. The van der Waals surface area contributed by atoms with Crippen LogP contribution in [0.3, 0.4) is 0 Å². The van der Waals surface area contributed by atoms with Crippen LogP contribution in [-0.2, 0) is 15.9 Å². The van der Waals surface area contributed by atoms with Crippen LogP contribution in [0.5, 0.6) is 5.75 Å². The molecule has 1 amide bonds. The number of amides is 1. The van der Waals surface area contributed by atoms with Crippen LogP contribution in [0.4, 0.5) is 28.8 Å². The molecule has 1 aromatic heterocycles. The smallest absolute Gasteiger partial charge is 0.247 e. The molecule has 1 aliphatic rings. The van der Waals surface area contributed by atoms with E-state index in [2.05, 4.69) is 49.3 Å². The molecule has 4 rings (SSSR count). The first kappa shape index (κ1) is 29.6. The van der Waals surface area contributed by atoms with Gasteiger partial charge in [-0.15, -0.1) is 0 Å². The Morgan fingerprint density at radius 1 is 1.12 bits per heavy atom. The van der Waals surface area contributed by atoms with E-state index in [1.807, 2.05) is 30.3 Å². The lowest BCUT2D eigenvalue weighted by molar-refractivity contribution is -0.111. The molecule has 0 atom stereocenters. The number of ether oxygens (including phenoxy) is 1. The van der Waals surface area contributed by atoms with Crippen LogP contribution in [0.2, 0.25) is 5.02 Å². The average Bonchev–Trinajstić information content (AvgIpc) is 2.92. The summed E-state index contributed by atoms with van der Waals surface area (Å²) in [4.78, 5) is 25.8. The summed E-state index contributed by atoms with van der Waals surface area (Å²) in [5, 5.41) is 10.3. The SMILES string of the molecule is C=CC(=O)Nc1cc(Nc2ncc(Cl)c(Nc3ccccc3P(C)(C)=O)n2)c(OC)cc1CN1CCN(C)CC1. The van der Waals surface area contributed by atoms with Gasteiger partial charge in [-0.3, -0.25) is 9.69 Å². The van der Waals surface area contributed by atoms with E-state index in [1.165, 1.54) is 12.3 Å². The number of hydrogen-bond acceptors (Lipinski definition) is 9. The molecule has 0 radical (unpaired) electrons. The number of likely N-dealkylation sites (N-methyl/N-ethyl adjacent to an activating group) is 1. The normalized spacial score (nSPS) is 14.4. The number of benzene rings is 2. The van der Waals surface area contributed by atoms with Crippen molar-refractivity contribution in [3.05, 3.63) is 65.8 Å². The maximum atomic E-state index is 12.8. The number of aromatic nitrogens is 2. The Hall–Kier alpha value is -3.43. The lowest BCUT2D eigenvalue weighted by atomic mass is 10.1. The van der Waals surface area contributed by atoms with Gasteiger partial charge in [-0.1, -0.05) is 30.3 Å². The lowest BCUT2D eigenvalue weighted by Crippen LogP contribution is -2.44. The second-order valence-electron chi connectivity index (χ2n) is 9.99. The Bertz CT molecular complexity index is 1440. The molecule has 1 fully saturated rings. The van der Waals surface area contributed by atoms with Crippen LogP contribution >= 0.6 is 18.7 Å². The van der Waals surface area contributed by atoms with Gasteiger partial charge in [-0.25, -0.2) is 4.98 Å². The molecule has 10 nitrogen and oxygen atoms in total. The van der Waals surface area contributed by atoms with Gasteiger partial charge in [-0.2, -0.15) is 4.98 Å². The molecular formula is C28H35ClN7O3P. The zero-order chi connectivity index (χ0) is 28.9.